The lowest BCUT2D eigenvalue weighted by atomic mass is 9.89. The Morgan fingerprint density at radius 3 is 2.72 bits per heavy atom. The lowest BCUT2D eigenvalue weighted by Crippen LogP contribution is -2.06. The SMILES string of the molecule is Cn1ncc(-c2ccc3c(c2F)CCCC3)c1N. The smallest absolute Gasteiger partial charge is 0.134 e. The van der Waals surface area contributed by atoms with Gasteiger partial charge in [0.15, 0.2) is 0 Å². The van der Waals surface area contributed by atoms with Crippen LogP contribution in [0, 0.1) is 5.82 Å². The Kier molecular flexibility index (Phi) is 2.58. The van der Waals surface area contributed by atoms with Crippen molar-refractivity contribution in [1.82, 2.24) is 9.78 Å². The molecule has 1 aliphatic rings. The molecule has 3 nitrogen and oxygen atoms in total. The van der Waals surface area contributed by atoms with E-state index in [2.05, 4.69) is 5.10 Å². The van der Waals surface area contributed by atoms with E-state index < -0.39 is 0 Å². The first-order chi connectivity index (χ1) is 8.68. The number of halogens is 1. The summed E-state index contributed by atoms with van der Waals surface area (Å²) in [4.78, 5) is 0. The van der Waals surface area contributed by atoms with Crippen molar-refractivity contribution in [3.05, 3.63) is 35.3 Å². The van der Waals surface area contributed by atoms with Gasteiger partial charge in [0.2, 0.25) is 0 Å². The lowest BCUT2D eigenvalue weighted by molar-refractivity contribution is 0.582. The first-order valence-corrected chi connectivity index (χ1v) is 6.26. The highest BCUT2D eigenvalue weighted by Crippen LogP contribution is 2.33. The van der Waals surface area contributed by atoms with Gasteiger partial charge in [-0.1, -0.05) is 12.1 Å². The Morgan fingerprint density at radius 2 is 2.00 bits per heavy atom. The van der Waals surface area contributed by atoms with Gasteiger partial charge in [0.25, 0.3) is 0 Å². The Balaban J connectivity index is 2.16. The van der Waals surface area contributed by atoms with Crippen LogP contribution in [-0.2, 0) is 19.9 Å². The Labute approximate surface area is 105 Å². The maximum Gasteiger partial charge on any atom is 0.134 e. The minimum Gasteiger partial charge on any atom is -0.383 e. The molecule has 0 amide bonds. The Hall–Kier alpha value is -1.84. The van der Waals surface area contributed by atoms with Crippen LogP contribution in [0.4, 0.5) is 10.2 Å². The lowest BCUT2D eigenvalue weighted by Gasteiger charge is -2.18. The number of aromatic nitrogens is 2. The number of aryl methyl sites for hydroxylation is 2. The third-order valence-electron chi connectivity index (χ3n) is 3.74. The molecule has 4 heteroatoms. The van der Waals surface area contributed by atoms with Crippen LogP contribution in [-0.4, -0.2) is 9.78 Å². The van der Waals surface area contributed by atoms with Crippen LogP contribution < -0.4 is 5.73 Å². The van der Waals surface area contributed by atoms with Crippen LogP contribution in [0.1, 0.15) is 24.0 Å². The number of anilines is 1. The van der Waals surface area contributed by atoms with Crippen molar-refractivity contribution >= 4 is 5.82 Å². The topological polar surface area (TPSA) is 43.8 Å². The fraction of sp³-hybridized carbons (Fsp3) is 0.357. The van der Waals surface area contributed by atoms with E-state index in [-0.39, 0.29) is 5.82 Å². The van der Waals surface area contributed by atoms with E-state index in [0.717, 1.165) is 36.8 Å². The summed E-state index contributed by atoms with van der Waals surface area (Å²) >= 11 is 0. The molecule has 2 N–H and O–H groups in total. The minimum absolute atomic E-state index is 0.119. The maximum atomic E-state index is 14.5. The number of fused-ring (bicyclic) bond motifs is 1. The average molecular weight is 245 g/mol. The van der Waals surface area contributed by atoms with Crippen LogP contribution in [0.25, 0.3) is 11.1 Å². The second-order valence-electron chi connectivity index (χ2n) is 4.84. The van der Waals surface area contributed by atoms with Crippen molar-refractivity contribution in [2.75, 3.05) is 5.73 Å². The number of benzene rings is 1. The monoisotopic (exact) mass is 245 g/mol. The molecular weight excluding hydrogens is 229 g/mol. The van der Waals surface area contributed by atoms with Crippen molar-refractivity contribution in [1.29, 1.82) is 0 Å². The minimum atomic E-state index is -0.119. The summed E-state index contributed by atoms with van der Waals surface area (Å²) < 4.78 is 16.1. The molecule has 0 bridgehead atoms. The van der Waals surface area contributed by atoms with Crippen molar-refractivity contribution in [2.24, 2.45) is 7.05 Å². The summed E-state index contributed by atoms with van der Waals surface area (Å²) in [6.07, 6.45) is 5.66. The molecular formula is C14H16FN3. The molecule has 1 aromatic heterocycles. The first-order valence-electron chi connectivity index (χ1n) is 6.26. The van der Waals surface area contributed by atoms with Crippen LogP contribution >= 0.6 is 0 Å². The summed E-state index contributed by atoms with van der Waals surface area (Å²) in [7, 11) is 1.76. The van der Waals surface area contributed by atoms with Gasteiger partial charge in [-0.3, -0.25) is 4.68 Å². The number of nitrogens with two attached hydrogens (primary N) is 1. The summed E-state index contributed by atoms with van der Waals surface area (Å²) in [5.41, 5.74) is 9.17. The van der Waals surface area contributed by atoms with Gasteiger partial charge in [-0.25, -0.2) is 4.39 Å². The molecule has 18 heavy (non-hydrogen) atoms. The third-order valence-corrected chi connectivity index (χ3v) is 3.74. The highest BCUT2D eigenvalue weighted by atomic mass is 19.1. The van der Waals surface area contributed by atoms with Crippen LogP contribution in [0.2, 0.25) is 0 Å². The standard InChI is InChI=1S/C14H16FN3/c1-18-14(16)12(8-17-18)11-7-6-9-4-2-3-5-10(9)13(11)15/h6-8H,2-5,16H2,1H3. The molecule has 0 spiro atoms. The maximum absolute atomic E-state index is 14.5. The number of hydrogen-bond acceptors (Lipinski definition) is 2. The normalized spacial score (nSPS) is 14.6. The molecule has 1 aliphatic carbocycles. The summed E-state index contributed by atoms with van der Waals surface area (Å²) in [5, 5.41) is 4.07. The first kappa shape index (κ1) is 11.3. The third kappa shape index (κ3) is 1.60. The van der Waals surface area contributed by atoms with Gasteiger partial charge in [-0.2, -0.15) is 5.10 Å². The van der Waals surface area contributed by atoms with Crippen LogP contribution in [0.15, 0.2) is 18.3 Å². The van der Waals surface area contributed by atoms with Gasteiger partial charge in [-0.05, 0) is 36.8 Å². The molecule has 0 saturated carbocycles. The highest BCUT2D eigenvalue weighted by molar-refractivity contribution is 5.75. The molecule has 0 fully saturated rings. The van der Waals surface area contributed by atoms with Gasteiger partial charge in [0.1, 0.15) is 11.6 Å². The van der Waals surface area contributed by atoms with Crippen LogP contribution in [0.5, 0.6) is 0 Å². The predicted molar refractivity (Wildman–Crippen MR) is 69.7 cm³/mol. The van der Waals surface area contributed by atoms with Crippen LogP contribution in [0.3, 0.4) is 0 Å². The zero-order chi connectivity index (χ0) is 12.7. The second-order valence-corrected chi connectivity index (χ2v) is 4.84. The van der Waals surface area contributed by atoms with Crippen molar-refractivity contribution in [2.45, 2.75) is 25.7 Å². The van der Waals surface area contributed by atoms with Gasteiger partial charge in [-0.15, -0.1) is 0 Å². The van der Waals surface area contributed by atoms with Crippen molar-refractivity contribution in [3.8, 4) is 11.1 Å². The largest absolute Gasteiger partial charge is 0.383 e. The molecule has 0 aliphatic heterocycles. The summed E-state index contributed by atoms with van der Waals surface area (Å²) in [6.45, 7) is 0. The van der Waals surface area contributed by atoms with E-state index in [1.54, 1.807) is 17.9 Å². The van der Waals surface area contributed by atoms with Crippen molar-refractivity contribution < 1.29 is 4.39 Å². The highest BCUT2D eigenvalue weighted by Gasteiger charge is 2.19. The van der Waals surface area contributed by atoms with Gasteiger partial charge in [0.05, 0.1) is 6.20 Å². The summed E-state index contributed by atoms with van der Waals surface area (Å²) in [6, 6.07) is 3.85. The van der Waals surface area contributed by atoms with E-state index in [4.69, 9.17) is 5.73 Å². The molecule has 2 aromatic rings. The average Bonchev–Trinajstić information content (AvgIpc) is 2.71. The number of hydrogen-bond donors (Lipinski definition) is 1. The fourth-order valence-corrected chi connectivity index (χ4v) is 2.65. The fourth-order valence-electron chi connectivity index (χ4n) is 2.65. The molecule has 0 saturated heterocycles. The van der Waals surface area contributed by atoms with E-state index in [0.29, 0.717) is 16.9 Å². The van der Waals surface area contributed by atoms with E-state index in [1.165, 1.54) is 0 Å². The molecule has 0 atom stereocenters. The van der Waals surface area contributed by atoms with Gasteiger partial charge < -0.3 is 5.73 Å². The quantitative estimate of drug-likeness (QED) is 0.839. The molecule has 0 radical (unpaired) electrons. The molecule has 1 aromatic carbocycles. The van der Waals surface area contributed by atoms with E-state index in [9.17, 15) is 4.39 Å². The van der Waals surface area contributed by atoms with E-state index in [1.807, 2.05) is 12.1 Å². The predicted octanol–water partition coefficient (Wildman–Crippen LogP) is 2.69. The molecule has 1 heterocycles. The second kappa shape index (κ2) is 4.12. The van der Waals surface area contributed by atoms with Crippen molar-refractivity contribution in [3.63, 3.8) is 0 Å². The molecule has 0 unspecified atom stereocenters. The van der Waals surface area contributed by atoms with E-state index >= 15 is 0 Å². The summed E-state index contributed by atoms with van der Waals surface area (Å²) in [5.74, 6) is 0.386. The zero-order valence-corrected chi connectivity index (χ0v) is 10.4. The number of rotatable bonds is 1. The van der Waals surface area contributed by atoms with Gasteiger partial charge in [0, 0.05) is 18.2 Å². The van der Waals surface area contributed by atoms with Gasteiger partial charge >= 0.3 is 0 Å². The molecule has 3 rings (SSSR count). The number of nitrogen functional groups attached to an aromatic ring is 1. The zero-order valence-electron chi connectivity index (χ0n) is 10.4. The number of nitrogens with zero attached hydrogens (tertiary/aromatic N) is 2. The Bertz CT molecular complexity index is 601. The Morgan fingerprint density at radius 1 is 1.22 bits per heavy atom. The molecule has 94 valence electrons.